The smallest absolute Gasteiger partial charge is 0.204 e. The lowest BCUT2D eigenvalue weighted by molar-refractivity contribution is 0.350. The Bertz CT molecular complexity index is 2810. The molecule has 1 atom stereocenters. The second kappa shape index (κ2) is 11.9. The SMILES string of the molecule is CC1CC=Cc2oc3ccc(-c4c5c(O)c(O)c(O)c(O)c5c(-c5ccc(-c6ccccc6)c(-c6ccccc6)c5)c5c(O)c(O)c(O)c(O)c45)cc3c21. The van der Waals surface area contributed by atoms with Gasteiger partial charge < -0.3 is 45.3 Å². The Hall–Kier alpha value is -7.26. The van der Waals surface area contributed by atoms with Crippen LogP contribution in [0.4, 0.5) is 0 Å². The summed E-state index contributed by atoms with van der Waals surface area (Å²) in [6.07, 6.45) is 4.69. The maximum atomic E-state index is 11.8. The predicted octanol–water partition coefficient (Wildman–Crippen LogP) is 10.6. The Labute approximate surface area is 307 Å². The van der Waals surface area contributed by atoms with Crippen LogP contribution in [0.3, 0.4) is 0 Å². The summed E-state index contributed by atoms with van der Waals surface area (Å²) >= 11 is 0. The largest absolute Gasteiger partial charge is 0.504 e. The van der Waals surface area contributed by atoms with Crippen LogP contribution in [0.15, 0.2) is 108 Å². The monoisotopic (exact) mass is 716 g/mol. The van der Waals surface area contributed by atoms with Crippen LogP contribution in [0.1, 0.15) is 30.6 Å². The third-order valence-electron chi connectivity index (χ3n) is 10.6. The molecule has 9 heteroatoms. The molecule has 1 unspecified atom stereocenters. The van der Waals surface area contributed by atoms with Gasteiger partial charge in [0.25, 0.3) is 0 Å². The van der Waals surface area contributed by atoms with E-state index in [1.807, 2.05) is 78.9 Å². The number of benzene rings is 7. The van der Waals surface area contributed by atoms with Crippen molar-refractivity contribution in [3.05, 3.63) is 114 Å². The molecule has 0 spiro atoms. The molecule has 1 aliphatic carbocycles. The van der Waals surface area contributed by atoms with E-state index in [-0.39, 0.29) is 38.6 Å². The second-order valence-corrected chi connectivity index (χ2v) is 13.7. The van der Waals surface area contributed by atoms with Crippen LogP contribution < -0.4 is 0 Å². The maximum Gasteiger partial charge on any atom is 0.204 e. The molecule has 0 saturated heterocycles. The number of fused-ring (bicyclic) bond motifs is 5. The zero-order valence-electron chi connectivity index (χ0n) is 28.7. The molecular weight excluding hydrogens is 684 g/mol. The lowest BCUT2D eigenvalue weighted by atomic mass is 9.82. The van der Waals surface area contributed by atoms with Crippen molar-refractivity contribution in [1.29, 1.82) is 0 Å². The summed E-state index contributed by atoms with van der Waals surface area (Å²) in [7, 11) is 0. The van der Waals surface area contributed by atoms with Crippen molar-refractivity contribution in [3.8, 4) is 90.5 Å². The van der Waals surface area contributed by atoms with Crippen molar-refractivity contribution in [1.82, 2.24) is 0 Å². The average molecular weight is 717 g/mol. The van der Waals surface area contributed by atoms with Crippen LogP contribution in [-0.2, 0) is 0 Å². The van der Waals surface area contributed by atoms with Gasteiger partial charge in [-0.1, -0.05) is 91.9 Å². The minimum atomic E-state index is -1.03. The number of aromatic hydroxyl groups is 8. The van der Waals surface area contributed by atoms with Gasteiger partial charge in [-0.05, 0) is 70.0 Å². The van der Waals surface area contributed by atoms with E-state index >= 15 is 0 Å². The first-order valence-electron chi connectivity index (χ1n) is 17.3. The van der Waals surface area contributed by atoms with Gasteiger partial charge >= 0.3 is 0 Å². The summed E-state index contributed by atoms with van der Waals surface area (Å²) in [6.45, 7) is 2.06. The zero-order valence-corrected chi connectivity index (χ0v) is 28.7. The molecule has 0 aliphatic heterocycles. The molecule has 0 amide bonds. The molecule has 9 rings (SSSR count). The Balaban J connectivity index is 1.48. The van der Waals surface area contributed by atoms with Crippen molar-refractivity contribution < 1.29 is 45.3 Å². The van der Waals surface area contributed by atoms with E-state index in [0.29, 0.717) is 22.5 Å². The number of phenols is 8. The number of furan rings is 1. The van der Waals surface area contributed by atoms with Gasteiger partial charge in [0, 0.05) is 43.6 Å². The van der Waals surface area contributed by atoms with Gasteiger partial charge in [-0.3, -0.25) is 0 Å². The number of rotatable bonds is 4. The van der Waals surface area contributed by atoms with Crippen molar-refractivity contribution >= 4 is 38.6 Å². The van der Waals surface area contributed by atoms with E-state index in [2.05, 4.69) is 6.92 Å². The van der Waals surface area contributed by atoms with Gasteiger partial charge in [-0.2, -0.15) is 0 Å². The lowest BCUT2D eigenvalue weighted by Gasteiger charge is -2.23. The van der Waals surface area contributed by atoms with Crippen LogP contribution in [-0.4, -0.2) is 40.9 Å². The standard InChI is InChI=1S/C45H32O9/c1-21-9-8-14-30-31(21)28-20-25(16-18-29(28)54-30)33-36-34(38(46)42(50)44(52)40(36)48)32(35-37(33)41(49)45(53)43(51)39(35)47)24-15-17-26(22-10-4-2-5-11-22)27(19-24)23-12-6-3-7-13-23/h2-8,10-21,46-53H,9H2,1H3. The van der Waals surface area contributed by atoms with E-state index in [4.69, 9.17) is 4.42 Å². The Kier molecular flexibility index (Phi) is 7.19. The molecule has 8 N–H and O–H groups in total. The van der Waals surface area contributed by atoms with E-state index in [9.17, 15) is 40.9 Å². The molecular formula is C45H32O9. The van der Waals surface area contributed by atoms with Gasteiger partial charge in [0.15, 0.2) is 23.0 Å². The Morgan fingerprint density at radius 1 is 0.481 bits per heavy atom. The highest BCUT2D eigenvalue weighted by atomic mass is 16.4. The lowest BCUT2D eigenvalue weighted by Crippen LogP contribution is -1.97. The fourth-order valence-corrected chi connectivity index (χ4v) is 8.04. The third kappa shape index (κ3) is 4.58. The normalized spacial score (nSPS) is 13.9. The van der Waals surface area contributed by atoms with E-state index in [1.165, 1.54) is 0 Å². The van der Waals surface area contributed by atoms with Crippen molar-refractivity contribution in [3.63, 3.8) is 0 Å². The van der Waals surface area contributed by atoms with Gasteiger partial charge in [0.1, 0.15) is 11.3 Å². The molecule has 0 fully saturated rings. The summed E-state index contributed by atoms with van der Waals surface area (Å²) in [5.74, 6) is -6.66. The van der Waals surface area contributed by atoms with Crippen LogP contribution in [0.5, 0.6) is 46.0 Å². The highest BCUT2D eigenvalue weighted by molar-refractivity contribution is 6.29. The molecule has 0 radical (unpaired) electrons. The fraction of sp³-hybridized carbons (Fsp3) is 0.0667. The van der Waals surface area contributed by atoms with Gasteiger partial charge in [-0.25, -0.2) is 0 Å². The second-order valence-electron chi connectivity index (χ2n) is 13.7. The number of hydrogen-bond acceptors (Lipinski definition) is 9. The quantitative estimate of drug-likeness (QED) is 0.0500. The Morgan fingerprint density at radius 2 is 0.944 bits per heavy atom. The first-order chi connectivity index (χ1) is 26.1. The van der Waals surface area contributed by atoms with Crippen LogP contribution >= 0.6 is 0 Å². The topological polar surface area (TPSA) is 175 Å². The van der Waals surface area contributed by atoms with Crippen LogP contribution in [0.2, 0.25) is 0 Å². The summed E-state index contributed by atoms with van der Waals surface area (Å²) < 4.78 is 6.14. The molecule has 0 saturated carbocycles. The van der Waals surface area contributed by atoms with E-state index in [1.54, 1.807) is 30.3 Å². The fourth-order valence-electron chi connectivity index (χ4n) is 8.04. The van der Waals surface area contributed by atoms with Crippen LogP contribution in [0.25, 0.3) is 83.1 Å². The predicted molar refractivity (Wildman–Crippen MR) is 208 cm³/mol. The van der Waals surface area contributed by atoms with Crippen molar-refractivity contribution in [2.24, 2.45) is 0 Å². The molecule has 9 nitrogen and oxygen atoms in total. The maximum absolute atomic E-state index is 11.8. The third-order valence-corrected chi connectivity index (χ3v) is 10.6. The summed E-state index contributed by atoms with van der Waals surface area (Å²) in [4.78, 5) is 0. The summed E-state index contributed by atoms with van der Waals surface area (Å²) in [6, 6.07) is 29.6. The molecule has 1 aromatic heterocycles. The molecule has 266 valence electrons. The minimum absolute atomic E-state index is 0.0185. The zero-order chi connectivity index (χ0) is 37.6. The van der Waals surface area contributed by atoms with Gasteiger partial charge in [-0.15, -0.1) is 0 Å². The van der Waals surface area contributed by atoms with Crippen molar-refractivity contribution in [2.75, 3.05) is 0 Å². The number of hydrogen-bond donors (Lipinski definition) is 8. The molecule has 8 aromatic rings. The molecule has 7 aromatic carbocycles. The summed E-state index contributed by atoms with van der Waals surface area (Å²) in [5, 5.41) is 91.0. The highest BCUT2D eigenvalue weighted by Crippen LogP contribution is 2.62. The number of phenolic OH excluding ortho intramolecular Hbond substituents is 8. The van der Waals surface area contributed by atoms with Crippen LogP contribution in [0, 0.1) is 0 Å². The minimum Gasteiger partial charge on any atom is -0.504 e. The van der Waals surface area contributed by atoms with E-state index < -0.39 is 46.0 Å². The first kappa shape index (κ1) is 32.6. The van der Waals surface area contributed by atoms with Gasteiger partial charge in [0.2, 0.25) is 23.0 Å². The first-order valence-corrected chi connectivity index (χ1v) is 17.3. The molecule has 0 bridgehead atoms. The molecule has 1 heterocycles. The summed E-state index contributed by atoms with van der Waals surface area (Å²) in [5.41, 5.74) is 5.43. The Morgan fingerprint density at radius 3 is 1.46 bits per heavy atom. The molecule has 1 aliphatic rings. The van der Waals surface area contributed by atoms with Crippen molar-refractivity contribution in [2.45, 2.75) is 19.3 Å². The number of allylic oxidation sites excluding steroid dienone is 1. The van der Waals surface area contributed by atoms with Gasteiger partial charge in [0.05, 0.1) is 0 Å². The average Bonchev–Trinajstić information content (AvgIpc) is 3.59. The van der Waals surface area contributed by atoms with E-state index in [0.717, 1.165) is 39.6 Å². The highest BCUT2D eigenvalue weighted by Gasteiger charge is 2.33. The molecule has 54 heavy (non-hydrogen) atoms.